The predicted molar refractivity (Wildman–Crippen MR) is 163 cm³/mol. The standard InChI is InChI=1S/C33H29Cl2N3O3/c1-32(2)23(19-8-10-20(11-9-19)31(40)41)12-14-33(3)18-38(15-13-28(32)33)30(39)22-7-5-4-6-21(22)29-36-26-16-24(34)25(35)17-27(26)37-29/h4-13,16-17H,14-15,18H2,1-3H3,(H,36,37)(H,40,41)/t33-/m1/s1. The first-order valence-corrected chi connectivity index (χ1v) is 14.2. The Kier molecular flexibility index (Phi) is 6.59. The summed E-state index contributed by atoms with van der Waals surface area (Å²) in [4.78, 5) is 35.3. The lowest BCUT2D eigenvalue weighted by Gasteiger charge is -2.50. The third-order valence-corrected chi connectivity index (χ3v) is 9.20. The number of nitrogens with one attached hydrogen (secondary N) is 1. The number of carbonyl (C=O) groups is 2. The topological polar surface area (TPSA) is 86.3 Å². The summed E-state index contributed by atoms with van der Waals surface area (Å²) in [6.45, 7) is 7.72. The van der Waals surface area contributed by atoms with Crippen molar-refractivity contribution in [3.8, 4) is 11.4 Å². The minimum atomic E-state index is -0.934. The Morgan fingerprint density at radius 3 is 2.41 bits per heavy atom. The lowest BCUT2D eigenvalue weighted by atomic mass is 9.58. The van der Waals surface area contributed by atoms with Gasteiger partial charge in [0.05, 0.1) is 32.2 Å². The van der Waals surface area contributed by atoms with Gasteiger partial charge in [-0.3, -0.25) is 4.79 Å². The summed E-state index contributed by atoms with van der Waals surface area (Å²) in [5, 5.41) is 10.2. The van der Waals surface area contributed by atoms with Crippen LogP contribution in [-0.2, 0) is 0 Å². The molecule has 41 heavy (non-hydrogen) atoms. The van der Waals surface area contributed by atoms with Crippen LogP contribution in [0.2, 0.25) is 10.0 Å². The molecule has 0 radical (unpaired) electrons. The minimum absolute atomic E-state index is 0.0505. The molecule has 0 unspecified atom stereocenters. The summed E-state index contributed by atoms with van der Waals surface area (Å²) in [6, 6.07) is 18.0. The summed E-state index contributed by atoms with van der Waals surface area (Å²) in [5.74, 6) is -0.399. The lowest BCUT2D eigenvalue weighted by Crippen LogP contribution is -2.48. The molecule has 1 aliphatic carbocycles. The van der Waals surface area contributed by atoms with Crippen molar-refractivity contribution in [3.63, 3.8) is 0 Å². The molecule has 6 rings (SSSR count). The van der Waals surface area contributed by atoms with Crippen LogP contribution in [0.4, 0.5) is 0 Å². The van der Waals surface area contributed by atoms with E-state index in [0.29, 0.717) is 40.0 Å². The highest BCUT2D eigenvalue weighted by atomic mass is 35.5. The van der Waals surface area contributed by atoms with Gasteiger partial charge >= 0.3 is 5.97 Å². The second-order valence-electron chi connectivity index (χ2n) is 11.6. The SMILES string of the molecule is CC1(C)C(c2ccc(C(=O)O)cc2)=CC[C@]2(C)CN(C(=O)c3ccccc3-c3nc4cc(Cl)c(Cl)cc4[nH]3)CC=C12. The van der Waals surface area contributed by atoms with E-state index < -0.39 is 5.97 Å². The molecule has 6 nitrogen and oxygen atoms in total. The number of aromatic amines is 1. The number of halogens is 2. The minimum Gasteiger partial charge on any atom is -0.478 e. The van der Waals surface area contributed by atoms with Crippen LogP contribution in [-0.4, -0.2) is 44.9 Å². The fraction of sp³-hybridized carbons (Fsp3) is 0.242. The van der Waals surface area contributed by atoms with Crippen LogP contribution in [0.3, 0.4) is 0 Å². The second-order valence-corrected chi connectivity index (χ2v) is 12.4. The number of aromatic carboxylic acids is 1. The van der Waals surface area contributed by atoms with E-state index in [-0.39, 0.29) is 22.3 Å². The zero-order chi connectivity index (χ0) is 29.1. The van der Waals surface area contributed by atoms with Gasteiger partial charge < -0.3 is 15.0 Å². The molecule has 0 saturated carbocycles. The molecule has 2 heterocycles. The van der Waals surface area contributed by atoms with Gasteiger partial charge in [-0.15, -0.1) is 0 Å². The summed E-state index contributed by atoms with van der Waals surface area (Å²) in [7, 11) is 0. The molecule has 0 bridgehead atoms. The van der Waals surface area contributed by atoms with Crippen molar-refractivity contribution < 1.29 is 14.7 Å². The zero-order valence-electron chi connectivity index (χ0n) is 23.0. The van der Waals surface area contributed by atoms with Crippen LogP contribution in [0.25, 0.3) is 28.0 Å². The third-order valence-electron chi connectivity index (χ3n) is 8.48. The Bertz CT molecular complexity index is 1750. The van der Waals surface area contributed by atoms with Crippen LogP contribution < -0.4 is 0 Å². The number of rotatable bonds is 4. The van der Waals surface area contributed by atoms with E-state index in [1.54, 1.807) is 24.3 Å². The molecule has 1 aliphatic heterocycles. The molecular formula is C33H29Cl2N3O3. The van der Waals surface area contributed by atoms with Crippen molar-refractivity contribution in [1.82, 2.24) is 14.9 Å². The number of imidazole rings is 1. The van der Waals surface area contributed by atoms with Gasteiger partial charge in [0.25, 0.3) is 5.91 Å². The first kappa shape index (κ1) is 27.3. The number of carbonyl (C=O) groups excluding carboxylic acids is 1. The highest BCUT2D eigenvalue weighted by molar-refractivity contribution is 6.42. The van der Waals surface area contributed by atoms with Gasteiger partial charge in [-0.05, 0) is 47.9 Å². The van der Waals surface area contributed by atoms with Crippen molar-refractivity contribution in [2.45, 2.75) is 27.2 Å². The number of benzene rings is 3. The Balaban J connectivity index is 1.30. The number of fused-ring (bicyclic) bond motifs is 2. The number of carboxylic acids is 1. The maximum absolute atomic E-state index is 14.0. The Hall–Kier alpha value is -3.87. The maximum Gasteiger partial charge on any atom is 0.335 e. The van der Waals surface area contributed by atoms with Gasteiger partial charge in [0, 0.05) is 29.5 Å². The van der Waals surface area contributed by atoms with Gasteiger partial charge in [-0.25, -0.2) is 9.78 Å². The molecule has 0 saturated heterocycles. The smallest absolute Gasteiger partial charge is 0.335 e. The van der Waals surface area contributed by atoms with E-state index in [1.165, 1.54) is 11.1 Å². The van der Waals surface area contributed by atoms with Crippen LogP contribution >= 0.6 is 23.2 Å². The summed E-state index contributed by atoms with van der Waals surface area (Å²) in [6.07, 6.45) is 5.22. The van der Waals surface area contributed by atoms with Gasteiger partial charge in [0.15, 0.2) is 0 Å². The fourth-order valence-electron chi connectivity index (χ4n) is 6.54. The highest BCUT2D eigenvalue weighted by Crippen LogP contribution is 2.55. The molecule has 208 valence electrons. The van der Waals surface area contributed by atoms with Gasteiger partial charge in [0.1, 0.15) is 5.82 Å². The van der Waals surface area contributed by atoms with Crippen LogP contribution in [0.1, 0.15) is 53.5 Å². The van der Waals surface area contributed by atoms with E-state index in [4.69, 9.17) is 28.2 Å². The molecule has 8 heteroatoms. The number of H-pyrrole nitrogens is 1. The second kappa shape index (κ2) is 9.89. The molecule has 1 atom stereocenters. The van der Waals surface area contributed by atoms with Crippen molar-refractivity contribution in [3.05, 3.63) is 105 Å². The van der Waals surface area contributed by atoms with E-state index in [0.717, 1.165) is 23.1 Å². The van der Waals surface area contributed by atoms with Crippen molar-refractivity contribution >= 4 is 51.7 Å². The molecule has 0 fully saturated rings. The van der Waals surface area contributed by atoms with Crippen LogP contribution in [0.5, 0.6) is 0 Å². The molecule has 1 aromatic heterocycles. The van der Waals surface area contributed by atoms with E-state index in [1.807, 2.05) is 41.3 Å². The summed E-state index contributed by atoms with van der Waals surface area (Å²) < 4.78 is 0. The van der Waals surface area contributed by atoms with Crippen molar-refractivity contribution in [2.24, 2.45) is 10.8 Å². The number of hydrogen-bond donors (Lipinski definition) is 2. The molecular weight excluding hydrogens is 557 g/mol. The molecule has 3 aromatic carbocycles. The predicted octanol–water partition coefficient (Wildman–Crippen LogP) is 8.14. The average Bonchev–Trinajstić information content (AvgIpc) is 3.34. The molecule has 2 aliphatic rings. The zero-order valence-corrected chi connectivity index (χ0v) is 24.5. The van der Waals surface area contributed by atoms with Gasteiger partial charge in [-0.2, -0.15) is 0 Å². The third kappa shape index (κ3) is 4.65. The number of carboxylic acid groups (broad SMARTS) is 1. The average molecular weight is 587 g/mol. The maximum atomic E-state index is 14.0. The number of hydrogen-bond acceptors (Lipinski definition) is 3. The Labute approximate surface area is 248 Å². The Morgan fingerprint density at radius 1 is 0.976 bits per heavy atom. The molecule has 4 aromatic rings. The largest absolute Gasteiger partial charge is 0.478 e. The first-order chi connectivity index (χ1) is 19.5. The summed E-state index contributed by atoms with van der Waals surface area (Å²) in [5.41, 5.74) is 5.98. The number of amides is 1. The fourth-order valence-corrected chi connectivity index (χ4v) is 6.86. The van der Waals surface area contributed by atoms with Crippen molar-refractivity contribution in [2.75, 3.05) is 13.1 Å². The first-order valence-electron chi connectivity index (χ1n) is 13.5. The van der Waals surface area contributed by atoms with Crippen LogP contribution in [0, 0.1) is 10.8 Å². The van der Waals surface area contributed by atoms with E-state index >= 15 is 0 Å². The Morgan fingerprint density at radius 2 is 1.68 bits per heavy atom. The van der Waals surface area contributed by atoms with Gasteiger partial charge in [0.2, 0.25) is 0 Å². The normalized spacial score (nSPS) is 19.9. The number of nitrogens with zero attached hydrogens (tertiary/aromatic N) is 2. The number of allylic oxidation sites excluding steroid dienone is 2. The van der Waals surface area contributed by atoms with Gasteiger partial charge in [-0.1, -0.05) is 92.0 Å². The highest BCUT2D eigenvalue weighted by Gasteiger charge is 2.46. The summed E-state index contributed by atoms with van der Waals surface area (Å²) >= 11 is 12.4. The van der Waals surface area contributed by atoms with Crippen LogP contribution in [0.15, 0.2) is 78.4 Å². The van der Waals surface area contributed by atoms with E-state index in [2.05, 4.69) is 37.9 Å². The molecule has 1 amide bonds. The van der Waals surface area contributed by atoms with Crippen molar-refractivity contribution in [1.29, 1.82) is 0 Å². The molecule has 0 spiro atoms. The monoisotopic (exact) mass is 585 g/mol. The van der Waals surface area contributed by atoms with E-state index in [9.17, 15) is 14.7 Å². The lowest BCUT2D eigenvalue weighted by molar-refractivity contribution is 0.0679. The number of aromatic nitrogens is 2. The molecule has 2 N–H and O–H groups in total. The quantitative estimate of drug-likeness (QED) is 0.237.